The van der Waals surface area contributed by atoms with Crippen LogP contribution in [0.15, 0.2) is 48.5 Å². The third-order valence-electron chi connectivity index (χ3n) is 3.54. The van der Waals surface area contributed by atoms with E-state index in [1.165, 1.54) is 23.4 Å². The van der Waals surface area contributed by atoms with Crippen LogP contribution in [-0.2, 0) is 0 Å². The summed E-state index contributed by atoms with van der Waals surface area (Å²) in [5.41, 5.74) is 3.45. The van der Waals surface area contributed by atoms with Crippen LogP contribution in [0.3, 0.4) is 0 Å². The summed E-state index contributed by atoms with van der Waals surface area (Å²) >= 11 is 0. The van der Waals surface area contributed by atoms with E-state index in [1.54, 1.807) is 0 Å². The van der Waals surface area contributed by atoms with Crippen LogP contribution in [0, 0.1) is 5.82 Å². The van der Waals surface area contributed by atoms with E-state index < -0.39 is 0 Å². The maximum absolute atomic E-state index is 13.1. The maximum atomic E-state index is 13.1. The van der Waals surface area contributed by atoms with E-state index in [2.05, 4.69) is 41.4 Å². The van der Waals surface area contributed by atoms with Crippen LogP contribution in [0.2, 0.25) is 0 Å². The van der Waals surface area contributed by atoms with Crippen molar-refractivity contribution in [3.8, 4) is 0 Å². The lowest BCUT2D eigenvalue weighted by molar-refractivity contribution is 0.593. The Kier molecular flexibility index (Phi) is 5.34. The van der Waals surface area contributed by atoms with Crippen LogP contribution in [0.25, 0.3) is 0 Å². The molecule has 1 atom stereocenters. The molecule has 2 rings (SSSR count). The van der Waals surface area contributed by atoms with Crippen LogP contribution >= 0.6 is 0 Å². The monoisotopic (exact) mass is 286 g/mol. The highest BCUT2D eigenvalue weighted by molar-refractivity contribution is 5.47. The van der Waals surface area contributed by atoms with Gasteiger partial charge in [-0.15, -0.1) is 0 Å². The van der Waals surface area contributed by atoms with Gasteiger partial charge in [-0.05, 0) is 48.4 Å². The van der Waals surface area contributed by atoms with Gasteiger partial charge in [-0.3, -0.25) is 0 Å². The lowest BCUT2D eigenvalue weighted by Gasteiger charge is -2.21. The van der Waals surface area contributed by atoms with Gasteiger partial charge in [0.2, 0.25) is 0 Å². The summed E-state index contributed by atoms with van der Waals surface area (Å²) < 4.78 is 13.1. The van der Waals surface area contributed by atoms with Gasteiger partial charge in [0.25, 0.3) is 0 Å². The van der Waals surface area contributed by atoms with Crippen molar-refractivity contribution >= 4 is 5.69 Å². The molecule has 3 heteroatoms. The molecule has 0 aromatic heterocycles. The molecule has 2 aromatic rings. The van der Waals surface area contributed by atoms with Crippen molar-refractivity contribution in [2.24, 2.45) is 0 Å². The molecule has 0 bridgehead atoms. The first-order valence-corrected chi connectivity index (χ1v) is 7.38. The average Bonchev–Trinajstić information content (AvgIpc) is 2.50. The second-order valence-electron chi connectivity index (χ2n) is 5.42. The van der Waals surface area contributed by atoms with Gasteiger partial charge in [-0.25, -0.2) is 4.39 Å². The normalized spacial score (nSPS) is 12.2. The molecular formula is C18H23FN2. The zero-order chi connectivity index (χ0) is 15.2. The fourth-order valence-electron chi connectivity index (χ4n) is 2.34. The first-order chi connectivity index (χ1) is 10.1. The van der Waals surface area contributed by atoms with Crippen molar-refractivity contribution in [1.82, 2.24) is 5.32 Å². The Labute approximate surface area is 126 Å². The number of hydrogen-bond donors (Lipinski definition) is 1. The minimum Gasteiger partial charge on any atom is -0.378 e. The van der Waals surface area contributed by atoms with Gasteiger partial charge in [0.1, 0.15) is 5.82 Å². The topological polar surface area (TPSA) is 15.3 Å². The molecular weight excluding hydrogens is 263 g/mol. The van der Waals surface area contributed by atoms with E-state index in [9.17, 15) is 4.39 Å². The predicted octanol–water partition coefficient (Wildman–Crippen LogP) is 3.98. The van der Waals surface area contributed by atoms with Crippen molar-refractivity contribution in [2.45, 2.75) is 19.4 Å². The summed E-state index contributed by atoms with van der Waals surface area (Å²) in [7, 11) is 4.06. The molecule has 2 aromatic carbocycles. The number of hydrogen-bond acceptors (Lipinski definition) is 2. The number of anilines is 1. The number of nitrogens with one attached hydrogen (secondary N) is 1. The van der Waals surface area contributed by atoms with Gasteiger partial charge >= 0.3 is 0 Å². The molecule has 0 aliphatic rings. The third-order valence-corrected chi connectivity index (χ3v) is 3.54. The molecule has 0 aliphatic heterocycles. The highest BCUT2D eigenvalue weighted by Gasteiger charge is 2.13. The SMILES string of the molecule is CCCNC(c1ccc(F)cc1)c1ccc(N(C)C)cc1. The Bertz CT molecular complexity index is 546. The third kappa shape index (κ3) is 4.05. The lowest BCUT2D eigenvalue weighted by Crippen LogP contribution is -2.23. The molecule has 0 heterocycles. The minimum atomic E-state index is -0.198. The van der Waals surface area contributed by atoms with Gasteiger partial charge in [0.05, 0.1) is 6.04 Å². The molecule has 2 nitrogen and oxygen atoms in total. The van der Waals surface area contributed by atoms with Crippen LogP contribution < -0.4 is 10.2 Å². The van der Waals surface area contributed by atoms with Crippen LogP contribution in [0.4, 0.5) is 10.1 Å². The molecule has 0 aliphatic carbocycles. The van der Waals surface area contributed by atoms with E-state index >= 15 is 0 Å². The molecule has 0 fully saturated rings. The quantitative estimate of drug-likeness (QED) is 0.864. The van der Waals surface area contributed by atoms with E-state index in [0.29, 0.717) is 0 Å². The Balaban J connectivity index is 2.28. The second kappa shape index (κ2) is 7.23. The first-order valence-electron chi connectivity index (χ1n) is 7.38. The Morgan fingerprint density at radius 3 is 1.95 bits per heavy atom. The van der Waals surface area contributed by atoms with Crippen molar-refractivity contribution in [1.29, 1.82) is 0 Å². The Morgan fingerprint density at radius 2 is 1.48 bits per heavy atom. The predicted molar refractivity (Wildman–Crippen MR) is 87.3 cm³/mol. The number of halogens is 1. The van der Waals surface area contributed by atoms with Crippen molar-refractivity contribution < 1.29 is 4.39 Å². The number of benzene rings is 2. The average molecular weight is 286 g/mol. The largest absolute Gasteiger partial charge is 0.378 e. The van der Waals surface area contributed by atoms with Crippen molar-refractivity contribution in [3.05, 3.63) is 65.5 Å². The van der Waals surface area contributed by atoms with Gasteiger partial charge in [-0.2, -0.15) is 0 Å². The van der Waals surface area contributed by atoms with Crippen molar-refractivity contribution in [3.63, 3.8) is 0 Å². The summed E-state index contributed by atoms with van der Waals surface area (Å²) in [5.74, 6) is -0.198. The van der Waals surface area contributed by atoms with E-state index in [1.807, 2.05) is 26.2 Å². The molecule has 0 spiro atoms. The van der Waals surface area contributed by atoms with E-state index in [-0.39, 0.29) is 11.9 Å². The van der Waals surface area contributed by atoms with Gasteiger partial charge in [0.15, 0.2) is 0 Å². The lowest BCUT2D eigenvalue weighted by atomic mass is 9.98. The second-order valence-corrected chi connectivity index (χ2v) is 5.42. The van der Waals surface area contributed by atoms with E-state index in [0.717, 1.165) is 18.5 Å². The number of rotatable bonds is 6. The standard InChI is InChI=1S/C18H23FN2/c1-4-13-20-18(14-5-9-16(19)10-6-14)15-7-11-17(12-8-15)21(2)3/h5-12,18,20H,4,13H2,1-3H3. The minimum absolute atomic E-state index is 0.0989. The fraction of sp³-hybridized carbons (Fsp3) is 0.333. The summed E-state index contributed by atoms with van der Waals surface area (Å²) in [4.78, 5) is 2.08. The van der Waals surface area contributed by atoms with E-state index in [4.69, 9.17) is 0 Å². The zero-order valence-corrected chi connectivity index (χ0v) is 12.9. The van der Waals surface area contributed by atoms with Gasteiger partial charge in [-0.1, -0.05) is 31.2 Å². The molecule has 1 unspecified atom stereocenters. The summed E-state index contributed by atoms with van der Waals surface area (Å²) in [6.45, 7) is 3.07. The number of nitrogens with zero attached hydrogens (tertiary/aromatic N) is 1. The highest BCUT2D eigenvalue weighted by Crippen LogP contribution is 2.24. The van der Waals surface area contributed by atoms with Gasteiger partial charge in [0, 0.05) is 19.8 Å². The fourth-order valence-corrected chi connectivity index (χ4v) is 2.34. The molecule has 21 heavy (non-hydrogen) atoms. The molecule has 0 radical (unpaired) electrons. The Hall–Kier alpha value is -1.87. The summed E-state index contributed by atoms with van der Waals surface area (Å²) in [5, 5.41) is 3.53. The maximum Gasteiger partial charge on any atom is 0.123 e. The van der Waals surface area contributed by atoms with Crippen LogP contribution in [0.1, 0.15) is 30.5 Å². The van der Waals surface area contributed by atoms with Gasteiger partial charge < -0.3 is 10.2 Å². The smallest absolute Gasteiger partial charge is 0.123 e. The highest BCUT2D eigenvalue weighted by atomic mass is 19.1. The molecule has 0 saturated carbocycles. The molecule has 0 amide bonds. The zero-order valence-electron chi connectivity index (χ0n) is 12.9. The van der Waals surface area contributed by atoms with Crippen LogP contribution in [0.5, 0.6) is 0 Å². The Morgan fingerprint density at radius 1 is 0.952 bits per heavy atom. The molecule has 112 valence electrons. The molecule has 0 saturated heterocycles. The van der Waals surface area contributed by atoms with Crippen molar-refractivity contribution in [2.75, 3.05) is 25.5 Å². The van der Waals surface area contributed by atoms with Crippen LogP contribution in [-0.4, -0.2) is 20.6 Å². The first kappa shape index (κ1) is 15.5. The summed E-state index contributed by atoms with van der Waals surface area (Å²) in [6, 6.07) is 15.3. The summed E-state index contributed by atoms with van der Waals surface area (Å²) in [6.07, 6.45) is 1.06. The molecule has 1 N–H and O–H groups in total.